The lowest BCUT2D eigenvalue weighted by Gasteiger charge is -2.37. The summed E-state index contributed by atoms with van der Waals surface area (Å²) in [6.07, 6.45) is 8.25. The number of aliphatic hydroxyl groups is 1. The van der Waals surface area contributed by atoms with E-state index >= 15 is 0 Å². The Balaban J connectivity index is 1.47. The molecule has 0 spiro atoms. The monoisotopic (exact) mass is 493 g/mol. The maximum absolute atomic E-state index is 12.9. The number of nitrogens with one attached hydrogen (secondary N) is 1. The van der Waals surface area contributed by atoms with Gasteiger partial charge in [0.2, 0.25) is 5.28 Å². The minimum absolute atomic E-state index is 0.0826. The van der Waals surface area contributed by atoms with Gasteiger partial charge in [0.25, 0.3) is 5.91 Å². The van der Waals surface area contributed by atoms with Gasteiger partial charge in [-0.25, -0.2) is 15.0 Å². The molecule has 1 amide bonds. The number of hydrogen-bond donors (Lipinski definition) is 2. The van der Waals surface area contributed by atoms with Crippen molar-refractivity contribution in [2.75, 3.05) is 29.9 Å². The van der Waals surface area contributed by atoms with Gasteiger partial charge < -0.3 is 15.3 Å². The summed E-state index contributed by atoms with van der Waals surface area (Å²) >= 11 is 9.26. The van der Waals surface area contributed by atoms with Crippen LogP contribution >= 0.6 is 27.5 Å². The zero-order valence-corrected chi connectivity index (χ0v) is 19.0. The van der Waals surface area contributed by atoms with E-state index in [4.69, 9.17) is 11.6 Å². The molecule has 1 aliphatic carbocycles. The Morgan fingerprint density at radius 3 is 2.70 bits per heavy atom. The molecule has 2 aromatic rings. The first-order chi connectivity index (χ1) is 14.5. The minimum Gasteiger partial charge on any atom is -0.396 e. The van der Waals surface area contributed by atoms with Gasteiger partial charge in [-0.3, -0.25) is 4.79 Å². The number of anilines is 2. The molecule has 3 heterocycles. The molecular formula is C21H25BrClN5O2. The van der Waals surface area contributed by atoms with Gasteiger partial charge >= 0.3 is 0 Å². The highest BCUT2D eigenvalue weighted by Gasteiger charge is 2.48. The van der Waals surface area contributed by atoms with Gasteiger partial charge in [-0.1, -0.05) is 0 Å². The van der Waals surface area contributed by atoms with E-state index in [0.717, 1.165) is 38.8 Å². The lowest BCUT2D eigenvalue weighted by Crippen LogP contribution is -2.38. The molecule has 2 N–H and O–H groups in total. The van der Waals surface area contributed by atoms with Crippen molar-refractivity contribution in [3.8, 4) is 0 Å². The SMILES string of the molecule is O=C(Nc1ccnc(Cl)n1)c1ccc(Br)nc1N1CCC(C2(CCCO)CC2)CC1. The molecule has 1 saturated carbocycles. The Morgan fingerprint density at radius 2 is 2.03 bits per heavy atom. The number of rotatable bonds is 7. The van der Waals surface area contributed by atoms with Crippen LogP contribution in [0.15, 0.2) is 29.0 Å². The maximum Gasteiger partial charge on any atom is 0.260 e. The van der Waals surface area contributed by atoms with Crippen LogP contribution in [0.1, 0.15) is 48.9 Å². The summed E-state index contributed by atoms with van der Waals surface area (Å²) in [7, 11) is 0. The van der Waals surface area contributed by atoms with Crippen LogP contribution in [0.2, 0.25) is 5.28 Å². The van der Waals surface area contributed by atoms with Crippen LogP contribution < -0.4 is 10.2 Å². The lowest BCUT2D eigenvalue weighted by molar-refractivity contribution is 0.102. The van der Waals surface area contributed by atoms with Crippen molar-refractivity contribution in [2.45, 2.75) is 38.5 Å². The molecule has 7 nitrogen and oxygen atoms in total. The van der Waals surface area contributed by atoms with Gasteiger partial charge in [0.05, 0.1) is 5.56 Å². The summed E-state index contributed by atoms with van der Waals surface area (Å²) in [5, 5.41) is 12.1. The van der Waals surface area contributed by atoms with E-state index in [-0.39, 0.29) is 17.8 Å². The van der Waals surface area contributed by atoms with Crippen LogP contribution in [0, 0.1) is 11.3 Å². The molecule has 9 heteroatoms. The zero-order chi connectivity index (χ0) is 21.1. The van der Waals surface area contributed by atoms with Gasteiger partial charge in [0, 0.05) is 25.9 Å². The molecule has 0 aromatic carbocycles. The largest absolute Gasteiger partial charge is 0.396 e. The quantitative estimate of drug-likeness (QED) is 0.440. The fraction of sp³-hybridized carbons (Fsp3) is 0.524. The van der Waals surface area contributed by atoms with E-state index in [1.54, 1.807) is 18.2 Å². The standard InChI is InChI=1S/C21H25BrClN5O2/c22-16-3-2-15(19(30)26-17-4-10-24-20(23)27-17)18(25-16)28-11-5-14(6-12-28)21(8-9-21)7-1-13-29/h2-4,10,14,29H,1,5-9,11-13H2,(H,24,26,27,30). The van der Waals surface area contributed by atoms with E-state index in [0.29, 0.717) is 33.1 Å². The first-order valence-electron chi connectivity index (χ1n) is 10.3. The summed E-state index contributed by atoms with van der Waals surface area (Å²) in [5.74, 6) is 1.45. The smallest absolute Gasteiger partial charge is 0.260 e. The third kappa shape index (κ3) is 4.76. The number of nitrogens with zero attached hydrogens (tertiary/aromatic N) is 4. The third-order valence-electron chi connectivity index (χ3n) is 6.34. The van der Waals surface area contributed by atoms with E-state index in [1.807, 2.05) is 0 Å². The fourth-order valence-electron chi connectivity index (χ4n) is 4.59. The number of aliphatic hydroxyl groups excluding tert-OH is 1. The van der Waals surface area contributed by atoms with Gasteiger partial charge in [0.15, 0.2) is 0 Å². The van der Waals surface area contributed by atoms with E-state index < -0.39 is 0 Å². The molecule has 0 atom stereocenters. The molecule has 0 radical (unpaired) electrons. The number of carbonyl (C=O) groups excluding carboxylic acids is 1. The molecule has 160 valence electrons. The Morgan fingerprint density at radius 1 is 1.27 bits per heavy atom. The highest BCUT2D eigenvalue weighted by molar-refractivity contribution is 9.10. The maximum atomic E-state index is 12.9. The van der Waals surface area contributed by atoms with Crippen molar-refractivity contribution < 1.29 is 9.90 Å². The molecule has 1 saturated heterocycles. The van der Waals surface area contributed by atoms with Gasteiger partial charge in [0.1, 0.15) is 16.2 Å². The highest BCUT2D eigenvalue weighted by Crippen LogP contribution is 2.58. The summed E-state index contributed by atoms with van der Waals surface area (Å²) < 4.78 is 0.697. The van der Waals surface area contributed by atoms with Crippen molar-refractivity contribution in [3.63, 3.8) is 0 Å². The molecule has 0 bridgehead atoms. The normalized spacial score (nSPS) is 18.3. The van der Waals surface area contributed by atoms with Crippen molar-refractivity contribution in [3.05, 3.63) is 39.8 Å². The van der Waals surface area contributed by atoms with E-state index in [2.05, 4.69) is 41.1 Å². The van der Waals surface area contributed by atoms with Crippen LogP contribution in [0.5, 0.6) is 0 Å². The first kappa shape index (κ1) is 21.5. The summed E-state index contributed by atoms with van der Waals surface area (Å²) in [4.78, 5) is 27.6. The Labute approximate surface area is 189 Å². The highest BCUT2D eigenvalue weighted by atomic mass is 79.9. The predicted molar refractivity (Wildman–Crippen MR) is 120 cm³/mol. The Hall–Kier alpha value is -1.77. The number of amides is 1. The number of halogens is 2. The number of carbonyl (C=O) groups is 1. The lowest BCUT2D eigenvalue weighted by atomic mass is 9.79. The first-order valence-corrected chi connectivity index (χ1v) is 11.5. The van der Waals surface area contributed by atoms with Gasteiger partial charge in [-0.05, 0) is 95.6 Å². The van der Waals surface area contributed by atoms with Gasteiger partial charge in [-0.15, -0.1) is 0 Å². The van der Waals surface area contributed by atoms with Crippen molar-refractivity contribution >= 4 is 45.1 Å². The third-order valence-corrected chi connectivity index (χ3v) is 6.96. The predicted octanol–water partition coefficient (Wildman–Crippen LogP) is 4.31. The molecule has 2 aromatic heterocycles. The van der Waals surface area contributed by atoms with E-state index in [1.165, 1.54) is 19.0 Å². The van der Waals surface area contributed by atoms with Crippen LogP contribution in [-0.2, 0) is 0 Å². The summed E-state index contributed by atoms with van der Waals surface area (Å²) in [6.45, 7) is 2.02. The summed E-state index contributed by atoms with van der Waals surface area (Å²) in [6, 6.07) is 5.15. The molecule has 2 fully saturated rings. The van der Waals surface area contributed by atoms with Crippen molar-refractivity contribution in [2.24, 2.45) is 11.3 Å². The number of pyridine rings is 1. The Bertz CT molecular complexity index is 916. The van der Waals surface area contributed by atoms with Crippen molar-refractivity contribution in [1.82, 2.24) is 15.0 Å². The van der Waals surface area contributed by atoms with Gasteiger partial charge in [-0.2, -0.15) is 0 Å². The molecular weight excluding hydrogens is 470 g/mol. The van der Waals surface area contributed by atoms with Crippen LogP contribution in [-0.4, -0.2) is 45.7 Å². The molecule has 0 unspecified atom stereocenters. The second-order valence-electron chi connectivity index (χ2n) is 8.12. The topological polar surface area (TPSA) is 91.2 Å². The van der Waals surface area contributed by atoms with Crippen LogP contribution in [0.3, 0.4) is 0 Å². The Kier molecular flexibility index (Phi) is 6.55. The number of aromatic nitrogens is 3. The number of piperidine rings is 1. The van der Waals surface area contributed by atoms with Crippen LogP contribution in [0.25, 0.3) is 0 Å². The van der Waals surface area contributed by atoms with Crippen LogP contribution in [0.4, 0.5) is 11.6 Å². The molecule has 4 rings (SSSR count). The average molecular weight is 495 g/mol. The number of hydrogen-bond acceptors (Lipinski definition) is 6. The molecule has 1 aliphatic heterocycles. The molecule has 2 aliphatic rings. The fourth-order valence-corrected chi connectivity index (χ4v) is 5.04. The summed E-state index contributed by atoms with van der Waals surface area (Å²) in [5.41, 5.74) is 0.944. The zero-order valence-electron chi connectivity index (χ0n) is 16.7. The van der Waals surface area contributed by atoms with Crippen molar-refractivity contribution in [1.29, 1.82) is 0 Å². The minimum atomic E-state index is -0.275. The second-order valence-corrected chi connectivity index (χ2v) is 9.27. The average Bonchev–Trinajstić information content (AvgIpc) is 3.53. The van der Waals surface area contributed by atoms with E-state index in [9.17, 15) is 9.90 Å². The molecule has 30 heavy (non-hydrogen) atoms. The second kappa shape index (κ2) is 9.16.